The Morgan fingerprint density at radius 3 is 2.92 bits per heavy atom. The van der Waals surface area contributed by atoms with E-state index in [2.05, 4.69) is 22.3 Å². The lowest BCUT2D eigenvalue weighted by Gasteiger charge is -2.27. The van der Waals surface area contributed by atoms with Crippen molar-refractivity contribution in [2.45, 2.75) is 38.0 Å². The highest BCUT2D eigenvalue weighted by Crippen LogP contribution is 2.21. The molecule has 5 nitrogen and oxygen atoms in total. The Hall–Kier alpha value is -1.24. The molecule has 1 amide bonds. The van der Waals surface area contributed by atoms with Crippen LogP contribution in [0.1, 0.15) is 31.7 Å². The number of hydrogen-bond donors (Lipinski definition) is 2. The number of benzene rings is 1. The largest absolute Gasteiger partial charge is 0.469 e. The average Bonchev–Trinajstić information content (AvgIpc) is 2.59. The summed E-state index contributed by atoms with van der Waals surface area (Å²) in [6.07, 6.45) is 2.19. The predicted octanol–water partition coefficient (Wildman–Crippen LogP) is 3.23. The maximum Gasteiger partial charge on any atom is 0.306 e. The number of hydrogen-bond acceptors (Lipinski definition) is 5. The van der Waals surface area contributed by atoms with Gasteiger partial charge < -0.3 is 15.4 Å². The highest BCUT2D eigenvalue weighted by molar-refractivity contribution is 7.98. The maximum atomic E-state index is 12.4. The third kappa shape index (κ3) is 7.67. The number of carbonyl (C=O) groups excluding carboxylic acids is 2. The summed E-state index contributed by atoms with van der Waals surface area (Å²) in [6, 6.07) is 8.31. The average molecular weight is 387 g/mol. The molecule has 1 aromatic rings. The molecule has 0 radical (unpaired) electrons. The SMILES string of the molecule is COC(=O)CCSCc1cccc(NC(=O)[C@H]2CCN[C@@H](C)C2)c1.Cl. The van der Waals surface area contributed by atoms with E-state index in [9.17, 15) is 9.59 Å². The third-order valence-corrected chi connectivity index (χ3v) is 5.17. The molecule has 0 saturated carbocycles. The minimum atomic E-state index is -0.181. The summed E-state index contributed by atoms with van der Waals surface area (Å²) in [5.41, 5.74) is 1.98. The lowest BCUT2D eigenvalue weighted by atomic mass is 9.92. The molecule has 1 heterocycles. The fourth-order valence-electron chi connectivity index (χ4n) is 2.80. The van der Waals surface area contributed by atoms with Crippen LogP contribution in [0.5, 0.6) is 0 Å². The minimum Gasteiger partial charge on any atom is -0.469 e. The number of thioether (sulfide) groups is 1. The van der Waals surface area contributed by atoms with Crippen molar-refractivity contribution < 1.29 is 14.3 Å². The molecule has 2 N–H and O–H groups in total. The Morgan fingerprint density at radius 2 is 2.20 bits per heavy atom. The molecule has 1 saturated heterocycles. The fourth-order valence-corrected chi connectivity index (χ4v) is 3.67. The smallest absolute Gasteiger partial charge is 0.306 e. The number of methoxy groups -OCH3 is 1. The van der Waals surface area contributed by atoms with Gasteiger partial charge in [-0.25, -0.2) is 0 Å². The molecule has 0 spiro atoms. The summed E-state index contributed by atoms with van der Waals surface area (Å²) in [7, 11) is 1.41. The first kappa shape index (κ1) is 21.8. The van der Waals surface area contributed by atoms with Crippen molar-refractivity contribution in [1.82, 2.24) is 5.32 Å². The lowest BCUT2D eigenvalue weighted by molar-refractivity contribution is -0.140. The van der Waals surface area contributed by atoms with Crippen molar-refractivity contribution in [3.8, 4) is 0 Å². The van der Waals surface area contributed by atoms with Gasteiger partial charge in [-0.15, -0.1) is 12.4 Å². The van der Waals surface area contributed by atoms with E-state index < -0.39 is 0 Å². The second-order valence-electron chi connectivity index (χ2n) is 6.14. The number of esters is 1. The van der Waals surface area contributed by atoms with E-state index in [1.807, 2.05) is 24.3 Å². The van der Waals surface area contributed by atoms with E-state index >= 15 is 0 Å². The minimum absolute atomic E-state index is 0. The number of ether oxygens (including phenoxy) is 1. The molecule has 1 aliphatic rings. The number of carbonyl (C=O) groups is 2. The van der Waals surface area contributed by atoms with Gasteiger partial charge in [0.15, 0.2) is 0 Å². The van der Waals surface area contributed by atoms with Gasteiger partial charge >= 0.3 is 5.97 Å². The Labute approximate surface area is 160 Å². The van der Waals surface area contributed by atoms with Gasteiger partial charge in [0.1, 0.15) is 0 Å². The van der Waals surface area contributed by atoms with Crippen molar-refractivity contribution in [2.24, 2.45) is 5.92 Å². The molecule has 0 aliphatic carbocycles. The number of nitrogens with one attached hydrogen (secondary N) is 2. The molecular weight excluding hydrogens is 360 g/mol. The first-order valence-corrected chi connectivity index (χ1v) is 9.51. The summed E-state index contributed by atoms with van der Waals surface area (Å²) in [6.45, 7) is 3.02. The summed E-state index contributed by atoms with van der Waals surface area (Å²) in [4.78, 5) is 23.5. The Kier molecular flexibility index (Phi) is 9.93. The zero-order valence-electron chi connectivity index (χ0n) is 14.7. The van der Waals surface area contributed by atoms with E-state index in [1.54, 1.807) is 11.8 Å². The molecule has 1 fully saturated rings. The summed E-state index contributed by atoms with van der Waals surface area (Å²) >= 11 is 1.68. The summed E-state index contributed by atoms with van der Waals surface area (Å²) in [5.74, 6) is 1.55. The molecule has 140 valence electrons. The molecule has 2 rings (SSSR count). The summed E-state index contributed by atoms with van der Waals surface area (Å²) in [5, 5.41) is 6.41. The molecule has 1 aromatic carbocycles. The Morgan fingerprint density at radius 1 is 1.40 bits per heavy atom. The number of rotatable bonds is 7. The van der Waals surface area contributed by atoms with Crippen LogP contribution in [0, 0.1) is 5.92 Å². The van der Waals surface area contributed by atoms with Crippen LogP contribution in [0.3, 0.4) is 0 Å². The lowest BCUT2D eigenvalue weighted by Crippen LogP contribution is -2.40. The molecule has 2 atom stereocenters. The maximum absolute atomic E-state index is 12.4. The van der Waals surface area contributed by atoms with Gasteiger partial charge in [0, 0.05) is 29.2 Å². The van der Waals surface area contributed by atoms with Crippen molar-refractivity contribution in [1.29, 1.82) is 0 Å². The molecule has 0 aromatic heterocycles. The van der Waals surface area contributed by atoms with Gasteiger partial charge in [-0.1, -0.05) is 12.1 Å². The molecule has 1 aliphatic heterocycles. The number of halogens is 1. The zero-order valence-corrected chi connectivity index (χ0v) is 16.4. The van der Waals surface area contributed by atoms with Crippen LogP contribution in [-0.4, -0.2) is 37.3 Å². The highest BCUT2D eigenvalue weighted by atomic mass is 35.5. The van der Waals surface area contributed by atoms with E-state index in [4.69, 9.17) is 0 Å². The standard InChI is InChI=1S/C18H26N2O3S.ClH/c1-13-10-15(6-8-19-13)18(22)20-16-5-3-4-14(11-16)12-24-9-7-17(21)23-2;/h3-5,11,13,15,19H,6-10,12H2,1-2H3,(H,20,22);1H/t13-,15-;/m0./s1. The van der Waals surface area contributed by atoms with Gasteiger partial charge in [-0.05, 0) is 44.0 Å². The van der Waals surface area contributed by atoms with Crippen molar-refractivity contribution >= 4 is 41.7 Å². The third-order valence-electron chi connectivity index (χ3n) is 4.14. The monoisotopic (exact) mass is 386 g/mol. The Balaban J connectivity index is 0.00000312. The van der Waals surface area contributed by atoms with Crippen LogP contribution in [0.4, 0.5) is 5.69 Å². The highest BCUT2D eigenvalue weighted by Gasteiger charge is 2.24. The summed E-state index contributed by atoms with van der Waals surface area (Å²) < 4.78 is 4.63. The van der Waals surface area contributed by atoms with E-state index in [-0.39, 0.29) is 30.2 Å². The van der Waals surface area contributed by atoms with E-state index in [0.717, 1.165) is 42.1 Å². The first-order valence-electron chi connectivity index (χ1n) is 8.36. The molecule has 25 heavy (non-hydrogen) atoms. The first-order chi connectivity index (χ1) is 11.6. The van der Waals surface area contributed by atoms with Crippen LogP contribution >= 0.6 is 24.2 Å². The molecular formula is C18H27ClN2O3S. The van der Waals surface area contributed by atoms with Crippen molar-refractivity contribution in [2.75, 3.05) is 24.7 Å². The van der Waals surface area contributed by atoms with Crippen molar-refractivity contribution in [3.63, 3.8) is 0 Å². The van der Waals surface area contributed by atoms with Gasteiger partial charge in [-0.2, -0.15) is 11.8 Å². The van der Waals surface area contributed by atoms with Gasteiger partial charge in [0.2, 0.25) is 5.91 Å². The van der Waals surface area contributed by atoms with E-state index in [0.29, 0.717) is 12.5 Å². The van der Waals surface area contributed by atoms with Crippen LogP contribution in [0.25, 0.3) is 0 Å². The molecule has 0 unspecified atom stereocenters. The predicted molar refractivity (Wildman–Crippen MR) is 105 cm³/mol. The van der Waals surface area contributed by atoms with Gasteiger partial charge in [0.05, 0.1) is 13.5 Å². The van der Waals surface area contributed by atoms with Crippen LogP contribution in [0.15, 0.2) is 24.3 Å². The normalized spacial score (nSPS) is 19.6. The quantitative estimate of drug-likeness (QED) is 0.556. The van der Waals surface area contributed by atoms with E-state index in [1.165, 1.54) is 7.11 Å². The Bertz CT molecular complexity index is 571. The zero-order chi connectivity index (χ0) is 17.4. The molecule has 7 heteroatoms. The number of anilines is 1. The van der Waals surface area contributed by atoms with Crippen molar-refractivity contribution in [3.05, 3.63) is 29.8 Å². The molecule has 0 bridgehead atoms. The van der Waals surface area contributed by atoms with Crippen LogP contribution in [0.2, 0.25) is 0 Å². The number of amides is 1. The van der Waals surface area contributed by atoms with Crippen LogP contribution < -0.4 is 10.6 Å². The van der Waals surface area contributed by atoms with Crippen LogP contribution in [-0.2, 0) is 20.1 Å². The fraction of sp³-hybridized carbons (Fsp3) is 0.556. The second kappa shape index (κ2) is 11.4. The van der Waals surface area contributed by atoms with Gasteiger partial charge in [-0.3, -0.25) is 9.59 Å². The van der Waals surface area contributed by atoms with Gasteiger partial charge in [0.25, 0.3) is 0 Å². The topological polar surface area (TPSA) is 67.4 Å². The number of piperidine rings is 1. The second-order valence-corrected chi connectivity index (χ2v) is 7.25.